The Bertz CT molecular complexity index is 735. The number of nitrogens with one attached hydrogen (secondary N) is 3. The first kappa shape index (κ1) is 16.9. The van der Waals surface area contributed by atoms with Crippen molar-refractivity contribution >= 4 is 22.5 Å². The fourth-order valence-electron chi connectivity index (χ4n) is 3.48. The number of aryl methyl sites for hydroxylation is 1. The van der Waals surface area contributed by atoms with E-state index in [2.05, 4.69) is 26.2 Å². The number of quaternary nitrogens is 2. The molecule has 0 saturated carbocycles. The van der Waals surface area contributed by atoms with Crippen LogP contribution in [0, 0.1) is 6.92 Å². The van der Waals surface area contributed by atoms with Crippen molar-refractivity contribution < 1.29 is 14.6 Å². The first-order valence-corrected chi connectivity index (χ1v) is 8.91. The van der Waals surface area contributed by atoms with Crippen LogP contribution in [-0.2, 0) is 11.2 Å². The van der Waals surface area contributed by atoms with Gasteiger partial charge in [-0.15, -0.1) is 0 Å². The molecule has 1 aliphatic rings. The summed E-state index contributed by atoms with van der Waals surface area (Å²) in [4.78, 5) is 20.3. The summed E-state index contributed by atoms with van der Waals surface area (Å²) in [5.41, 5.74) is 4.02. The van der Waals surface area contributed by atoms with E-state index in [0.29, 0.717) is 6.54 Å². The molecule has 0 bridgehead atoms. The number of amides is 1. The van der Waals surface area contributed by atoms with E-state index in [4.69, 9.17) is 4.98 Å². The molecule has 3 rings (SSSR count). The van der Waals surface area contributed by atoms with Crippen molar-refractivity contribution in [3.63, 3.8) is 0 Å². The number of piperazine rings is 1. The van der Waals surface area contributed by atoms with Crippen molar-refractivity contribution in [1.82, 2.24) is 4.98 Å². The topological polar surface area (TPSA) is 50.9 Å². The maximum absolute atomic E-state index is 12.6. The molecule has 5 heteroatoms. The summed E-state index contributed by atoms with van der Waals surface area (Å²) in [7, 11) is 2.22. The van der Waals surface area contributed by atoms with Gasteiger partial charge in [0.1, 0.15) is 26.2 Å². The summed E-state index contributed by atoms with van der Waals surface area (Å²) in [6, 6.07) is 8.04. The van der Waals surface area contributed by atoms with Gasteiger partial charge in [-0.3, -0.25) is 9.78 Å². The van der Waals surface area contributed by atoms with Gasteiger partial charge in [0.05, 0.1) is 18.3 Å². The van der Waals surface area contributed by atoms with Gasteiger partial charge in [-0.1, -0.05) is 25.1 Å². The largest absolute Gasteiger partial charge is 0.328 e. The lowest BCUT2D eigenvalue weighted by molar-refractivity contribution is -0.999. The Kier molecular flexibility index (Phi) is 5.11. The maximum Gasteiger partial charge on any atom is 0.279 e. The van der Waals surface area contributed by atoms with Crippen LogP contribution in [0.15, 0.2) is 24.3 Å². The number of likely N-dealkylation sites (N-methyl/N-ethyl adjacent to an activating group) is 1. The van der Waals surface area contributed by atoms with Crippen molar-refractivity contribution in [2.75, 3.05) is 45.1 Å². The summed E-state index contributed by atoms with van der Waals surface area (Å²) < 4.78 is 0. The molecular weight excluding hydrogens is 300 g/mol. The van der Waals surface area contributed by atoms with Crippen LogP contribution < -0.4 is 15.1 Å². The quantitative estimate of drug-likeness (QED) is 0.706. The number of anilines is 1. The zero-order valence-corrected chi connectivity index (χ0v) is 14.9. The second-order valence-corrected chi connectivity index (χ2v) is 6.86. The van der Waals surface area contributed by atoms with Crippen molar-refractivity contribution in [2.24, 2.45) is 0 Å². The van der Waals surface area contributed by atoms with Crippen LogP contribution in [0.2, 0.25) is 0 Å². The van der Waals surface area contributed by atoms with E-state index in [9.17, 15) is 4.79 Å². The highest BCUT2D eigenvalue weighted by Crippen LogP contribution is 2.28. The van der Waals surface area contributed by atoms with Crippen LogP contribution in [0.1, 0.15) is 18.2 Å². The number of hydrogen-bond acceptors (Lipinski definition) is 2. The molecule has 3 N–H and O–H groups in total. The molecule has 0 aliphatic carbocycles. The number of para-hydroxylation sites is 1. The number of aromatic nitrogens is 1. The van der Waals surface area contributed by atoms with Crippen LogP contribution >= 0.6 is 0 Å². The minimum Gasteiger partial charge on any atom is -0.328 e. The number of benzene rings is 1. The average Bonchev–Trinajstić information content (AvgIpc) is 2.59. The van der Waals surface area contributed by atoms with Gasteiger partial charge in [0.25, 0.3) is 5.91 Å². The predicted molar refractivity (Wildman–Crippen MR) is 96.7 cm³/mol. The Morgan fingerprint density at radius 3 is 2.62 bits per heavy atom. The van der Waals surface area contributed by atoms with E-state index in [1.54, 1.807) is 4.90 Å². The molecule has 24 heavy (non-hydrogen) atoms. The molecule has 128 valence electrons. The Hall–Kier alpha value is -1.98. The van der Waals surface area contributed by atoms with E-state index in [0.717, 1.165) is 60.4 Å². The molecule has 2 heterocycles. The first-order chi connectivity index (χ1) is 11.6. The number of hydrogen-bond donors (Lipinski definition) is 3. The summed E-state index contributed by atoms with van der Waals surface area (Å²) in [5, 5.41) is 4.21. The van der Waals surface area contributed by atoms with Gasteiger partial charge >= 0.3 is 0 Å². The fraction of sp³-hybridized carbons (Fsp3) is 0.474. The standard InChI is InChI=1S/C19H26N4O/c1-4-16-14(2)19(15-7-5-6-8-17(15)20-16)21-18(24)13-23-11-9-22(3)10-12-23/h5-8H,4,9-13H2,1-3H3,(H,20,21,24)/p+2. The van der Waals surface area contributed by atoms with Gasteiger partial charge < -0.3 is 15.1 Å². The summed E-state index contributed by atoms with van der Waals surface area (Å²) in [6.07, 6.45) is 0.867. The molecule has 1 fully saturated rings. The Morgan fingerprint density at radius 1 is 1.21 bits per heavy atom. The molecule has 1 amide bonds. The number of fused-ring (bicyclic) bond motifs is 1. The van der Waals surface area contributed by atoms with Gasteiger partial charge in [0.2, 0.25) is 0 Å². The Morgan fingerprint density at radius 2 is 1.92 bits per heavy atom. The summed E-state index contributed by atoms with van der Waals surface area (Å²) in [6.45, 7) is 9.11. The zero-order valence-electron chi connectivity index (χ0n) is 14.9. The van der Waals surface area contributed by atoms with Gasteiger partial charge in [0, 0.05) is 11.1 Å². The number of carbonyl (C=O) groups excluding carboxylic acids is 1. The third-order valence-corrected chi connectivity index (χ3v) is 5.06. The minimum absolute atomic E-state index is 0.103. The van der Waals surface area contributed by atoms with E-state index in [-0.39, 0.29) is 5.91 Å². The molecule has 1 aromatic heterocycles. The van der Waals surface area contributed by atoms with E-state index in [1.165, 1.54) is 4.90 Å². The Balaban J connectivity index is 1.81. The lowest BCUT2D eigenvalue weighted by atomic mass is 10.1. The van der Waals surface area contributed by atoms with Crippen molar-refractivity contribution in [3.05, 3.63) is 35.5 Å². The molecule has 1 aliphatic heterocycles. The smallest absolute Gasteiger partial charge is 0.279 e. The first-order valence-electron chi connectivity index (χ1n) is 8.91. The lowest BCUT2D eigenvalue weighted by Gasteiger charge is -2.27. The fourth-order valence-corrected chi connectivity index (χ4v) is 3.48. The average molecular weight is 328 g/mol. The van der Waals surface area contributed by atoms with E-state index in [1.807, 2.05) is 24.3 Å². The van der Waals surface area contributed by atoms with Gasteiger partial charge in [-0.05, 0) is 25.0 Å². The molecular formula is C19H28N4O+2. The lowest BCUT2D eigenvalue weighted by Crippen LogP contribution is -3.27. The molecule has 0 radical (unpaired) electrons. The molecule has 1 aromatic carbocycles. The van der Waals surface area contributed by atoms with Crippen LogP contribution in [0.3, 0.4) is 0 Å². The number of rotatable bonds is 4. The van der Waals surface area contributed by atoms with Gasteiger partial charge in [0.15, 0.2) is 6.54 Å². The molecule has 0 spiro atoms. The normalized spacial score (nSPS) is 21.0. The second-order valence-electron chi connectivity index (χ2n) is 6.86. The number of pyridine rings is 1. The van der Waals surface area contributed by atoms with Crippen molar-refractivity contribution in [2.45, 2.75) is 20.3 Å². The monoisotopic (exact) mass is 328 g/mol. The Labute approximate surface area is 143 Å². The molecule has 0 atom stereocenters. The van der Waals surface area contributed by atoms with Crippen molar-refractivity contribution in [1.29, 1.82) is 0 Å². The third kappa shape index (κ3) is 3.57. The highest BCUT2D eigenvalue weighted by molar-refractivity contribution is 6.02. The molecule has 1 saturated heterocycles. The molecule has 2 aromatic rings. The van der Waals surface area contributed by atoms with E-state index < -0.39 is 0 Å². The van der Waals surface area contributed by atoms with Gasteiger partial charge in [-0.25, -0.2) is 0 Å². The number of carbonyl (C=O) groups is 1. The third-order valence-electron chi connectivity index (χ3n) is 5.06. The minimum atomic E-state index is 0.103. The van der Waals surface area contributed by atoms with Crippen LogP contribution in [0.25, 0.3) is 10.9 Å². The van der Waals surface area contributed by atoms with E-state index >= 15 is 0 Å². The van der Waals surface area contributed by atoms with Crippen LogP contribution in [0.5, 0.6) is 0 Å². The summed E-state index contributed by atoms with van der Waals surface area (Å²) >= 11 is 0. The van der Waals surface area contributed by atoms with Crippen molar-refractivity contribution in [3.8, 4) is 0 Å². The second kappa shape index (κ2) is 7.28. The zero-order chi connectivity index (χ0) is 17.1. The molecule has 0 unspecified atom stereocenters. The van der Waals surface area contributed by atoms with Crippen LogP contribution in [0.4, 0.5) is 5.69 Å². The highest BCUT2D eigenvalue weighted by atomic mass is 16.2. The SMILES string of the molecule is CCc1nc2ccccc2c(NC(=O)C[NH+]2CC[NH+](C)CC2)c1C. The molecule has 5 nitrogen and oxygen atoms in total. The maximum atomic E-state index is 12.6. The summed E-state index contributed by atoms with van der Waals surface area (Å²) in [5.74, 6) is 0.103. The number of nitrogens with zero attached hydrogens (tertiary/aromatic N) is 1. The predicted octanol–water partition coefficient (Wildman–Crippen LogP) is -0.543. The van der Waals surface area contributed by atoms with Gasteiger partial charge in [-0.2, -0.15) is 0 Å². The highest BCUT2D eigenvalue weighted by Gasteiger charge is 2.23. The van der Waals surface area contributed by atoms with Crippen LogP contribution in [-0.4, -0.2) is 50.7 Å².